The Balaban J connectivity index is 2.24. The van der Waals surface area contributed by atoms with Crippen molar-refractivity contribution in [1.29, 1.82) is 0 Å². The number of hydrogen-bond donors (Lipinski definition) is 2. The van der Waals surface area contributed by atoms with Gasteiger partial charge in [0, 0.05) is 18.3 Å². The molecule has 5 nitrogen and oxygen atoms in total. The smallest absolute Gasteiger partial charge is 0.256 e. The van der Waals surface area contributed by atoms with Gasteiger partial charge in [-0.1, -0.05) is 6.92 Å². The molecule has 104 valence electrons. The zero-order valence-corrected chi connectivity index (χ0v) is 11.3. The van der Waals surface area contributed by atoms with Crippen LogP contribution < -0.4 is 10.5 Å². The molecule has 2 unspecified atom stereocenters. The van der Waals surface area contributed by atoms with Crippen LogP contribution in [-0.2, 0) is 0 Å². The van der Waals surface area contributed by atoms with Gasteiger partial charge < -0.3 is 20.5 Å². The summed E-state index contributed by atoms with van der Waals surface area (Å²) >= 11 is 0. The zero-order valence-electron chi connectivity index (χ0n) is 11.3. The molecule has 1 aromatic carbocycles. The summed E-state index contributed by atoms with van der Waals surface area (Å²) in [6.07, 6.45) is 0.910. The molecule has 1 aromatic rings. The van der Waals surface area contributed by atoms with Crippen molar-refractivity contribution in [3.8, 4) is 5.75 Å². The van der Waals surface area contributed by atoms with E-state index in [1.54, 1.807) is 30.2 Å². The van der Waals surface area contributed by atoms with Crippen LogP contribution in [0.4, 0.5) is 5.69 Å². The molecule has 2 rings (SSSR count). The van der Waals surface area contributed by atoms with Crippen molar-refractivity contribution >= 4 is 11.6 Å². The second-order valence-electron chi connectivity index (χ2n) is 4.97. The number of benzene rings is 1. The first-order valence-electron chi connectivity index (χ1n) is 6.43. The Bertz CT molecular complexity index is 476. The second-order valence-corrected chi connectivity index (χ2v) is 4.97. The average molecular weight is 264 g/mol. The van der Waals surface area contributed by atoms with Crippen LogP contribution in [0.15, 0.2) is 18.2 Å². The number of likely N-dealkylation sites (tertiary alicyclic amines) is 1. The highest BCUT2D eigenvalue weighted by atomic mass is 16.5. The van der Waals surface area contributed by atoms with Crippen LogP contribution in [0.2, 0.25) is 0 Å². The number of nitrogens with two attached hydrogens (primary N) is 1. The lowest BCUT2D eigenvalue weighted by molar-refractivity contribution is 0.0649. The van der Waals surface area contributed by atoms with Crippen molar-refractivity contribution < 1.29 is 14.6 Å². The summed E-state index contributed by atoms with van der Waals surface area (Å²) in [6, 6.07) is 4.92. The van der Waals surface area contributed by atoms with Gasteiger partial charge in [-0.25, -0.2) is 0 Å². The molecule has 0 aliphatic carbocycles. The number of methoxy groups -OCH3 is 1. The largest absolute Gasteiger partial charge is 0.497 e. The summed E-state index contributed by atoms with van der Waals surface area (Å²) in [7, 11) is 1.56. The number of hydrogen-bond acceptors (Lipinski definition) is 4. The van der Waals surface area contributed by atoms with Gasteiger partial charge in [-0.2, -0.15) is 0 Å². The van der Waals surface area contributed by atoms with E-state index in [2.05, 4.69) is 0 Å². The lowest BCUT2D eigenvalue weighted by atomic mass is 10.0. The molecule has 1 saturated heterocycles. The Kier molecular flexibility index (Phi) is 3.95. The van der Waals surface area contributed by atoms with Gasteiger partial charge in [0.05, 0.1) is 25.3 Å². The Morgan fingerprint density at radius 2 is 2.32 bits per heavy atom. The molecule has 3 N–H and O–H groups in total. The highest BCUT2D eigenvalue weighted by Crippen LogP contribution is 2.28. The number of nitrogen functional groups attached to an aromatic ring is 1. The monoisotopic (exact) mass is 264 g/mol. The fourth-order valence-electron chi connectivity index (χ4n) is 2.56. The Hall–Kier alpha value is -1.75. The number of nitrogens with zero attached hydrogens (tertiary/aromatic N) is 1. The Morgan fingerprint density at radius 3 is 2.89 bits per heavy atom. The first-order valence-corrected chi connectivity index (χ1v) is 6.43. The topological polar surface area (TPSA) is 75.8 Å². The summed E-state index contributed by atoms with van der Waals surface area (Å²) in [6.45, 7) is 2.70. The van der Waals surface area contributed by atoms with E-state index in [9.17, 15) is 9.90 Å². The fraction of sp³-hybridized carbons (Fsp3) is 0.500. The molecular weight excluding hydrogens is 244 g/mol. The van der Waals surface area contributed by atoms with Crippen LogP contribution in [0.3, 0.4) is 0 Å². The van der Waals surface area contributed by atoms with E-state index < -0.39 is 0 Å². The van der Waals surface area contributed by atoms with E-state index in [1.807, 2.05) is 6.92 Å². The summed E-state index contributed by atoms with van der Waals surface area (Å²) in [5.74, 6) is 0.819. The predicted molar refractivity (Wildman–Crippen MR) is 73.1 cm³/mol. The molecule has 1 aliphatic rings. The van der Waals surface area contributed by atoms with Gasteiger partial charge in [-0.05, 0) is 24.5 Å². The summed E-state index contributed by atoms with van der Waals surface area (Å²) in [5.41, 5.74) is 6.77. The minimum atomic E-state index is -0.122. The standard InChI is InChI=1S/C14H20N2O3/c1-9-5-6-16(13(9)8-17)14(18)11-4-3-10(19-2)7-12(11)15/h3-4,7,9,13,17H,5-6,8,15H2,1-2H3. The molecule has 0 saturated carbocycles. The number of rotatable bonds is 3. The van der Waals surface area contributed by atoms with Crippen molar-refractivity contribution in [2.24, 2.45) is 5.92 Å². The van der Waals surface area contributed by atoms with E-state index in [1.165, 1.54) is 0 Å². The third kappa shape index (κ3) is 2.51. The van der Waals surface area contributed by atoms with Gasteiger partial charge in [0.1, 0.15) is 5.75 Å². The van der Waals surface area contributed by atoms with Gasteiger partial charge >= 0.3 is 0 Å². The molecule has 2 atom stereocenters. The van der Waals surface area contributed by atoms with Crippen molar-refractivity contribution in [2.45, 2.75) is 19.4 Å². The minimum Gasteiger partial charge on any atom is -0.497 e. The molecule has 0 aromatic heterocycles. The maximum Gasteiger partial charge on any atom is 0.256 e. The number of carbonyl (C=O) groups is 1. The van der Waals surface area contributed by atoms with E-state index in [0.717, 1.165) is 6.42 Å². The van der Waals surface area contributed by atoms with Crippen LogP contribution in [0.25, 0.3) is 0 Å². The molecular formula is C14H20N2O3. The van der Waals surface area contributed by atoms with Gasteiger partial charge in [0.2, 0.25) is 0 Å². The second kappa shape index (κ2) is 5.48. The zero-order chi connectivity index (χ0) is 14.0. The predicted octanol–water partition coefficient (Wildman–Crippen LogP) is 1.12. The normalized spacial score (nSPS) is 22.6. The lowest BCUT2D eigenvalue weighted by Crippen LogP contribution is -2.40. The number of aliphatic hydroxyl groups excluding tert-OH is 1. The third-order valence-corrected chi connectivity index (χ3v) is 3.82. The van der Waals surface area contributed by atoms with Gasteiger partial charge in [-0.3, -0.25) is 4.79 Å². The van der Waals surface area contributed by atoms with Crippen LogP contribution in [0.5, 0.6) is 5.75 Å². The molecule has 1 amide bonds. The third-order valence-electron chi connectivity index (χ3n) is 3.82. The van der Waals surface area contributed by atoms with E-state index in [4.69, 9.17) is 10.5 Å². The highest BCUT2D eigenvalue weighted by Gasteiger charge is 2.34. The molecule has 0 spiro atoms. The van der Waals surface area contributed by atoms with Crippen LogP contribution in [0, 0.1) is 5.92 Å². The Labute approximate surface area is 113 Å². The first-order chi connectivity index (χ1) is 9.08. The van der Waals surface area contributed by atoms with Crippen molar-refractivity contribution in [3.63, 3.8) is 0 Å². The van der Waals surface area contributed by atoms with E-state index >= 15 is 0 Å². The van der Waals surface area contributed by atoms with E-state index in [0.29, 0.717) is 29.5 Å². The molecule has 1 heterocycles. The summed E-state index contributed by atoms with van der Waals surface area (Å²) < 4.78 is 5.07. The van der Waals surface area contributed by atoms with Gasteiger partial charge in [0.25, 0.3) is 5.91 Å². The number of aliphatic hydroxyl groups is 1. The van der Waals surface area contributed by atoms with Crippen LogP contribution in [0.1, 0.15) is 23.7 Å². The molecule has 1 aliphatic heterocycles. The number of carbonyl (C=O) groups excluding carboxylic acids is 1. The molecule has 0 radical (unpaired) electrons. The van der Waals surface area contributed by atoms with E-state index in [-0.39, 0.29) is 18.6 Å². The molecule has 1 fully saturated rings. The summed E-state index contributed by atoms with van der Waals surface area (Å²) in [4.78, 5) is 14.2. The molecule has 0 bridgehead atoms. The van der Waals surface area contributed by atoms with Crippen molar-refractivity contribution in [2.75, 3.05) is 26.0 Å². The lowest BCUT2D eigenvalue weighted by Gasteiger charge is -2.25. The molecule has 19 heavy (non-hydrogen) atoms. The SMILES string of the molecule is COc1ccc(C(=O)N2CCC(C)C2CO)c(N)c1. The number of amides is 1. The first kappa shape index (κ1) is 13.7. The maximum atomic E-state index is 12.5. The molecule has 5 heteroatoms. The number of ether oxygens (including phenoxy) is 1. The quantitative estimate of drug-likeness (QED) is 0.802. The van der Waals surface area contributed by atoms with Crippen molar-refractivity contribution in [1.82, 2.24) is 4.90 Å². The van der Waals surface area contributed by atoms with Crippen molar-refractivity contribution in [3.05, 3.63) is 23.8 Å². The average Bonchev–Trinajstić information content (AvgIpc) is 2.78. The fourth-order valence-corrected chi connectivity index (χ4v) is 2.56. The maximum absolute atomic E-state index is 12.5. The van der Waals surface area contributed by atoms with Crippen LogP contribution >= 0.6 is 0 Å². The highest BCUT2D eigenvalue weighted by molar-refractivity contribution is 5.99. The van der Waals surface area contributed by atoms with Crippen LogP contribution in [-0.4, -0.2) is 42.2 Å². The minimum absolute atomic E-state index is 0.0109. The van der Waals surface area contributed by atoms with Gasteiger partial charge in [0.15, 0.2) is 0 Å². The Morgan fingerprint density at radius 1 is 1.58 bits per heavy atom. The van der Waals surface area contributed by atoms with Gasteiger partial charge in [-0.15, -0.1) is 0 Å². The summed E-state index contributed by atoms with van der Waals surface area (Å²) in [5, 5.41) is 9.41. The number of anilines is 1.